The Hall–Kier alpha value is -1.84. The molecule has 4 nitrogen and oxygen atoms in total. The Bertz CT molecular complexity index is 538. The van der Waals surface area contributed by atoms with Crippen LogP contribution in [0.1, 0.15) is 51.4 Å². The summed E-state index contributed by atoms with van der Waals surface area (Å²) in [6.07, 6.45) is 1.85. The Morgan fingerprint density at radius 3 is 2.45 bits per heavy atom. The fraction of sp³-hybridized carbons (Fsp3) is 0.500. The average molecular weight is 274 g/mol. The zero-order chi connectivity index (χ0) is 14.6. The van der Waals surface area contributed by atoms with Crippen LogP contribution in [0.4, 0.5) is 0 Å². The number of benzene rings is 1. The molecule has 0 aliphatic heterocycles. The highest BCUT2D eigenvalue weighted by atomic mass is 16.5. The molecule has 0 fully saturated rings. The van der Waals surface area contributed by atoms with Crippen LogP contribution in [0, 0.1) is 0 Å². The quantitative estimate of drug-likeness (QED) is 0.829. The summed E-state index contributed by atoms with van der Waals surface area (Å²) in [5, 5.41) is 3.90. The van der Waals surface area contributed by atoms with Crippen molar-refractivity contribution in [1.82, 2.24) is 10.1 Å². The van der Waals surface area contributed by atoms with Gasteiger partial charge in [-0.3, -0.25) is 0 Å². The van der Waals surface area contributed by atoms with Crippen molar-refractivity contribution in [3.63, 3.8) is 0 Å². The van der Waals surface area contributed by atoms with E-state index in [-0.39, 0.29) is 5.41 Å². The van der Waals surface area contributed by atoms with Crippen molar-refractivity contribution >= 4 is 0 Å². The van der Waals surface area contributed by atoms with Crippen molar-refractivity contribution < 1.29 is 9.26 Å². The lowest BCUT2D eigenvalue weighted by Crippen LogP contribution is -2.10. The number of ether oxygens (including phenoxy) is 1. The normalized spacial score (nSPS) is 11.6. The monoisotopic (exact) mass is 274 g/mol. The molecule has 0 amide bonds. The van der Waals surface area contributed by atoms with Gasteiger partial charge in [-0.05, 0) is 29.5 Å². The summed E-state index contributed by atoms with van der Waals surface area (Å²) >= 11 is 0. The Labute approximate surface area is 120 Å². The molecule has 0 atom stereocenters. The van der Waals surface area contributed by atoms with Crippen LogP contribution in [-0.4, -0.2) is 10.1 Å². The summed E-state index contributed by atoms with van der Waals surface area (Å²) in [7, 11) is 0. The van der Waals surface area contributed by atoms with Crippen LogP contribution in [0.25, 0.3) is 0 Å². The minimum Gasteiger partial charge on any atom is -0.484 e. The Morgan fingerprint density at radius 2 is 1.85 bits per heavy atom. The van der Waals surface area contributed by atoms with Gasteiger partial charge in [0.25, 0.3) is 5.89 Å². The first-order valence-electron chi connectivity index (χ1n) is 7.04. The number of nitrogens with zero attached hydrogens (tertiary/aromatic N) is 2. The maximum Gasteiger partial charge on any atom is 0.264 e. The van der Waals surface area contributed by atoms with E-state index in [0.717, 1.165) is 24.4 Å². The number of rotatable bonds is 5. The summed E-state index contributed by atoms with van der Waals surface area (Å²) in [6, 6.07) is 8.13. The van der Waals surface area contributed by atoms with Crippen LogP contribution in [0.3, 0.4) is 0 Å². The summed E-state index contributed by atoms with van der Waals surface area (Å²) in [4.78, 5) is 4.27. The van der Waals surface area contributed by atoms with Crippen LogP contribution < -0.4 is 4.74 Å². The fourth-order valence-corrected chi connectivity index (χ4v) is 1.87. The predicted octanol–water partition coefficient (Wildman–Crippen LogP) is 3.90. The number of aryl methyl sites for hydroxylation is 1. The fourth-order valence-electron chi connectivity index (χ4n) is 1.87. The lowest BCUT2D eigenvalue weighted by Gasteiger charge is -2.19. The Kier molecular flexibility index (Phi) is 4.42. The molecular formula is C16H22N2O2. The van der Waals surface area contributed by atoms with E-state index in [1.54, 1.807) is 0 Å². The molecule has 108 valence electrons. The van der Waals surface area contributed by atoms with Crippen molar-refractivity contribution in [3.8, 4) is 5.75 Å². The minimum absolute atomic E-state index is 0.153. The lowest BCUT2D eigenvalue weighted by molar-refractivity contribution is 0.242. The second-order valence-corrected chi connectivity index (χ2v) is 5.92. The van der Waals surface area contributed by atoms with Crippen LogP contribution in [0.5, 0.6) is 5.75 Å². The van der Waals surface area contributed by atoms with Gasteiger partial charge in [0, 0.05) is 6.42 Å². The van der Waals surface area contributed by atoms with Gasteiger partial charge in [0.15, 0.2) is 12.4 Å². The topological polar surface area (TPSA) is 48.2 Å². The first kappa shape index (κ1) is 14.6. The van der Waals surface area contributed by atoms with Gasteiger partial charge in [-0.1, -0.05) is 45.0 Å². The van der Waals surface area contributed by atoms with E-state index in [1.165, 1.54) is 5.56 Å². The second kappa shape index (κ2) is 6.07. The van der Waals surface area contributed by atoms with E-state index in [4.69, 9.17) is 9.26 Å². The number of hydrogen-bond donors (Lipinski definition) is 0. The lowest BCUT2D eigenvalue weighted by atomic mass is 9.87. The third kappa shape index (κ3) is 3.83. The average Bonchev–Trinajstić information content (AvgIpc) is 2.84. The SMILES string of the molecule is CCCc1noc(COc2ccc(C(C)(C)C)cc2)n1. The molecular weight excluding hydrogens is 252 g/mol. The van der Waals surface area contributed by atoms with E-state index < -0.39 is 0 Å². The van der Waals surface area contributed by atoms with Gasteiger partial charge >= 0.3 is 0 Å². The van der Waals surface area contributed by atoms with Gasteiger partial charge in [-0.2, -0.15) is 4.98 Å². The molecule has 0 aliphatic rings. The van der Waals surface area contributed by atoms with Crippen molar-refractivity contribution in [2.75, 3.05) is 0 Å². The van der Waals surface area contributed by atoms with Crippen molar-refractivity contribution in [2.24, 2.45) is 0 Å². The summed E-state index contributed by atoms with van der Waals surface area (Å²) in [5.41, 5.74) is 1.44. The molecule has 0 aliphatic carbocycles. The van der Waals surface area contributed by atoms with Crippen molar-refractivity contribution in [3.05, 3.63) is 41.5 Å². The molecule has 0 saturated carbocycles. The molecule has 0 N–H and O–H groups in total. The molecule has 2 aromatic rings. The molecule has 2 rings (SSSR count). The second-order valence-electron chi connectivity index (χ2n) is 5.92. The predicted molar refractivity (Wildman–Crippen MR) is 77.8 cm³/mol. The van der Waals surface area contributed by atoms with E-state index in [9.17, 15) is 0 Å². The van der Waals surface area contributed by atoms with Gasteiger partial charge in [0.05, 0.1) is 0 Å². The number of hydrogen-bond acceptors (Lipinski definition) is 4. The van der Waals surface area contributed by atoms with Gasteiger partial charge in [-0.25, -0.2) is 0 Å². The minimum atomic E-state index is 0.153. The first-order chi connectivity index (χ1) is 9.49. The van der Waals surface area contributed by atoms with Gasteiger partial charge in [0.2, 0.25) is 0 Å². The van der Waals surface area contributed by atoms with Crippen LogP contribution in [0.15, 0.2) is 28.8 Å². The molecule has 0 bridgehead atoms. The molecule has 0 radical (unpaired) electrons. The molecule has 1 aromatic carbocycles. The third-order valence-electron chi connectivity index (χ3n) is 3.07. The number of aromatic nitrogens is 2. The zero-order valence-electron chi connectivity index (χ0n) is 12.6. The maximum absolute atomic E-state index is 5.65. The molecule has 0 spiro atoms. The van der Waals surface area contributed by atoms with Gasteiger partial charge in [-0.15, -0.1) is 0 Å². The van der Waals surface area contributed by atoms with E-state index >= 15 is 0 Å². The van der Waals surface area contributed by atoms with Crippen LogP contribution in [-0.2, 0) is 18.4 Å². The third-order valence-corrected chi connectivity index (χ3v) is 3.07. The molecule has 0 unspecified atom stereocenters. The highest BCUT2D eigenvalue weighted by Gasteiger charge is 2.13. The highest BCUT2D eigenvalue weighted by Crippen LogP contribution is 2.24. The Morgan fingerprint density at radius 1 is 1.15 bits per heavy atom. The summed E-state index contributed by atoms with van der Waals surface area (Å²) < 4.78 is 10.8. The summed E-state index contributed by atoms with van der Waals surface area (Å²) in [6.45, 7) is 8.97. The standard InChI is InChI=1S/C16H22N2O2/c1-5-6-14-17-15(20-18-14)11-19-13-9-7-12(8-10-13)16(2,3)4/h7-10H,5-6,11H2,1-4H3. The molecule has 4 heteroatoms. The first-order valence-corrected chi connectivity index (χ1v) is 7.04. The molecule has 1 heterocycles. The van der Waals surface area contributed by atoms with Gasteiger partial charge in [0.1, 0.15) is 5.75 Å². The smallest absolute Gasteiger partial charge is 0.264 e. The zero-order valence-corrected chi connectivity index (χ0v) is 12.6. The highest BCUT2D eigenvalue weighted by molar-refractivity contribution is 5.31. The summed E-state index contributed by atoms with van der Waals surface area (Å²) in [5.74, 6) is 2.08. The molecule has 0 saturated heterocycles. The Balaban J connectivity index is 1.93. The van der Waals surface area contributed by atoms with Crippen molar-refractivity contribution in [1.29, 1.82) is 0 Å². The van der Waals surface area contributed by atoms with Crippen molar-refractivity contribution in [2.45, 2.75) is 52.6 Å². The van der Waals surface area contributed by atoms with Crippen LogP contribution >= 0.6 is 0 Å². The maximum atomic E-state index is 5.65. The van der Waals surface area contributed by atoms with Crippen LogP contribution in [0.2, 0.25) is 0 Å². The molecule has 20 heavy (non-hydrogen) atoms. The van der Waals surface area contributed by atoms with Gasteiger partial charge < -0.3 is 9.26 Å². The largest absolute Gasteiger partial charge is 0.484 e. The molecule has 1 aromatic heterocycles. The van der Waals surface area contributed by atoms with E-state index in [0.29, 0.717) is 12.5 Å². The van der Waals surface area contributed by atoms with E-state index in [1.807, 2.05) is 12.1 Å². The van der Waals surface area contributed by atoms with E-state index in [2.05, 4.69) is 50.0 Å².